The molecule has 1 aliphatic carbocycles. The number of H-pyrrole nitrogens is 1. The van der Waals surface area contributed by atoms with Crippen LogP contribution in [0.25, 0.3) is 27.7 Å². The number of imidazole rings is 1. The number of pyridine rings is 1. The van der Waals surface area contributed by atoms with E-state index in [1.807, 2.05) is 0 Å². The molecule has 3 aromatic heterocycles. The highest BCUT2D eigenvalue weighted by Crippen LogP contribution is 2.40. The molecule has 4 aromatic rings. The van der Waals surface area contributed by atoms with Crippen LogP contribution in [0.5, 0.6) is 0 Å². The lowest BCUT2D eigenvalue weighted by Crippen LogP contribution is -2.15. The lowest BCUT2D eigenvalue weighted by molar-refractivity contribution is -0.117. The molecule has 1 unspecified atom stereocenters. The molecule has 0 saturated heterocycles. The number of aromatic nitrogens is 4. The molecule has 1 saturated carbocycles. The number of fused-ring (bicyclic) bond motifs is 2. The van der Waals surface area contributed by atoms with E-state index in [0.29, 0.717) is 33.5 Å². The molecular formula is C20H16ClF2N5O2S. The van der Waals surface area contributed by atoms with E-state index in [1.165, 1.54) is 6.26 Å². The minimum atomic E-state index is -1.27. The van der Waals surface area contributed by atoms with Crippen LogP contribution in [-0.4, -0.2) is 42.5 Å². The zero-order valence-corrected chi connectivity index (χ0v) is 17.7. The fraction of sp³-hybridized carbons (Fsp3) is 0.250. The van der Waals surface area contributed by atoms with Crippen LogP contribution in [0.4, 0.5) is 14.6 Å². The van der Waals surface area contributed by atoms with Crippen LogP contribution >= 0.6 is 11.6 Å². The number of alkyl halides is 1. The minimum Gasteiger partial charge on any atom is -0.616 e. The molecule has 1 aromatic carbocycles. The van der Waals surface area contributed by atoms with E-state index >= 15 is 4.39 Å². The summed E-state index contributed by atoms with van der Waals surface area (Å²) in [6, 6.07) is 3.44. The van der Waals surface area contributed by atoms with E-state index in [1.54, 1.807) is 35.1 Å². The summed E-state index contributed by atoms with van der Waals surface area (Å²) in [4.78, 5) is 16.3. The van der Waals surface area contributed by atoms with Crippen molar-refractivity contribution < 1.29 is 18.1 Å². The van der Waals surface area contributed by atoms with Crippen molar-refractivity contribution in [1.29, 1.82) is 0 Å². The molecule has 1 aliphatic rings. The quantitative estimate of drug-likeness (QED) is 0.439. The van der Waals surface area contributed by atoms with E-state index in [-0.39, 0.29) is 22.8 Å². The Hall–Kier alpha value is -2.69. The molecule has 5 rings (SSSR count). The number of rotatable bonds is 5. The summed E-state index contributed by atoms with van der Waals surface area (Å²) < 4.78 is 41.5. The van der Waals surface area contributed by atoms with Gasteiger partial charge in [0.25, 0.3) is 0 Å². The average Bonchev–Trinajstić information content (AvgIpc) is 3.11. The molecule has 1 fully saturated rings. The summed E-state index contributed by atoms with van der Waals surface area (Å²) in [7, 11) is 0. The van der Waals surface area contributed by atoms with Gasteiger partial charge < -0.3 is 14.3 Å². The van der Waals surface area contributed by atoms with Crippen molar-refractivity contribution in [3.05, 3.63) is 47.1 Å². The van der Waals surface area contributed by atoms with E-state index in [0.717, 1.165) is 0 Å². The highest BCUT2D eigenvalue weighted by atomic mass is 35.5. The minimum absolute atomic E-state index is 0.00880. The largest absolute Gasteiger partial charge is 0.616 e. The Balaban J connectivity index is 1.57. The van der Waals surface area contributed by atoms with Gasteiger partial charge in [-0.1, -0.05) is 22.8 Å². The number of hydrogen-bond acceptors (Lipinski definition) is 4. The lowest BCUT2D eigenvalue weighted by Gasteiger charge is -2.13. The second-order valence-electron chi connectivity index (χ2n) is 7.51. The van der Waals surface area contributed by atoms with Gasteiger partial charge in [0.2, 0.25) is 5.91 Å². The first-order valence-electron chi connectivity index (χ1n) is 9.40. The van der Waals surface area contributed by atoms with Crippen LogP contribution < -0.4 is 5.32 Å². The highest BCUT2D eigenvalue weighted by molar-refractivity contribution is 7.89. The van der Waals surface area contributed by atoms with Crippen molar-refractivity contribution in [3.63, 3.8) is 0 Å². The van der Waals surface area contributed by atoms with Gasteiger partial charge in [-0.05, 0) is 18.6 Å². The number of carbonyl (C=O) groups excluding carboxylic acids is 1. The Morgan fingerprint density at radius 1 is 1.45 bits per heavy atom. The molecule has 7 nitrogen and oxygen atoms in total. The van der Waals surface area contributed by atoms with Gasteiger partial charge in [0.05, 0.1) is 40.7 Å². The topological polar surface area (TPSA) is 98.1 Å². The maximum Gasteiger partial charge on any atom is 0.231 e. The molecule has 1 amide bonds. The summed E-state index contributed by atoms with van der Waals surface area (Å²) in [5.74, 6) is -1.35. The van der Waals surface area contributed by atoms with Gasteiger partial charge in [-0.3, -0.25) is 9.89 Å². The number of nitrogens with one attached hydrogen (secondary N) is 2. The Labute approximate surface area is 183 Å². The molecule has 0 bridgehead atoms. The zero-order chi connectivity index (χ0) is 21.9. The molecule has 2 N–H and O–H groups in total. The van der Waals surface area contributed by atoms with Crippen molar-refractivity contribution >= 4 is 51.1 Å². The monoisotopic (exact) mass is 463 g/mol. The molecule has 3 atom stereocenters. The maximum atomic E-state index is 15.1. The Morgan fingerprint density at radius 3 is 2.94 bits per heavy atom. The van der Waals surface area contributed by atoms with Crippen molar-refractivity contribution in [2.45, 2.75) is 18.3 Å². The van der Waals surface area contributed by atoms with E-state index in [2.05, 4.69) is 20.5 Å². The van der Waals surface area contributed by atoms with Crippen molar-refractivity contribution in [2.24, 2.45) is 5.92 Å². The van der Waals surface area contributed by atoms with Gasteiger partial charge in [0.15, 0.2) is 11.6 Å². The molecule has 3 heterocycles. The van der Waals surface area contributed by atoms with Gasteiger partial charge >= 0.3 is 0 Å². The second-order valence-corrected chi connectivity index (χ2v) is 9.33. The van der Waals surface area contributed by atoms with Gasteiger partial charge in [-0.2, -0.15) is 5.10 Å². The number of hydrogen-bond donors (Lipinski definition) is 2. The smallest absolute Gasteiger partial charge is 0.231 e. The summed E-state index contributed by atoms with van der Waals surface area (Å²) in [6.45, 7) is 0. The number of amides is 1. The summed E-state index contributed by atoms with van der Waals surface area (Å²) in [6.07, 6.45) is 5.48. The first-order valence-corrected chi connectivity index (χ1v) is 11.5. The normalized spacial score (nSPS) is 19.1. The third-order valence-electron chi connectivity index (χ3n) is 5.28. The van der Waals surface area contributed by atoms with E-state index in [4.69, 9.17) is 11.6 Å². The van der Waals surface area contributed by atoms with Gasteiger partial charge in [-0.25, -0.2) is 13.8 Å². The molecule has 11 heteroatoms. The predicted molar refractivity (Wildman–Crippen MR) is 115 cm³/mol. The van der Waals surface area contributed by atoms with Crippen molar-refractivity contribution in [1.82, 2.24) is 19.6 Å². The molecule has 0 spiro atoms. The fourth-order valence-electron chi connectivity index (χ4n) is 3.65. The Bertz CT molecular complexity index is 1340. The summed E-state index contributed by atoms with van der Waals surface area (Å²) in [5, 5.41) is 9.91. The number of nitrogens with zero attached hydrogens (tertiary/aromatic N) is 3. The van der Waals surface area contributed by atoms with E-state index in [9.17, 15) is 13.7 Å². The Kier molecular flexibility index (Phi) is 4.87. The number of carbonyl (C=O) groups is 1. The summed E-state index contributed by atoms with van der Waals surface area (Å²) in [5.41, 5.74) is 2.25. The van der Waals surface area contributed by atoms with Crippen molar-refractivity contribution in [2.75, 3.05) is 11.6 Å². The molecule has 0 aliphatic heterocycles. The third-order valence-corrected chi connectivity index (χ3v) is 6.33. The fourth-order valence-corrected chi connectivity index (χ4v) is 4.65. The average molecular weight is 464 g/mol. The standard InChI is InChI=1S/C20H16ClF2N5O2S/c1-31(30)8-12-18(23)17(21)16(11-5-24-27-19(11)12)9-2-3-15-25-14(7-28(15)6-9)26-20(29)10-4-13(10)22/h2-3,5-7,10,13H,4,8H2,1H3,(H,24,27)(H,26,29)/t10-,13+,31?/m1/s1. The van der Waals surface area contributed by atoms with Gasteiger partial charge in [-0.15, -0.1) is 0 Å². The van der Waals surface area contributed by atoms with E-state index < -0.39 is 35.0 Å². The predicted octanol–water partition coefficient (Wildman–Crippen LogP) is 3.85. The first-order chi connectivity index (χ1) is 14.8. The zero-order valence-electron chi connectivity index (χ0n) is 16.2. The highest BCUT2D eigenvalue weighted by Gasteiger charge is 2.43. The van der Waals surface area contributed by atoms with Gasteiger partial charge in [0, 0.05) is 22.7 Å². The van der Waals surface area contributed by atoms with Crippen LogP contribution in [0.2, 0.25) is 5.02 Å². The lowest BCUT2D eigenvalue weighted by atomic mass is 10.0. The van der Waals surface area contributed by atoms with Crippen LogP contribution in [0.1, 0.15) is 12.0 Å². The number of halogens is 3. The van der Waals surface area contributed by atoms with Gasteiger partial charge in [0.1, 0.15) is 17.6 Å². The van der Waals surface area contributed by atoms with Crippen LogP contribution in [-0.2, 0) is 21.7 Å². The van der Waals surface area contributed by atoms with Crippen LogP contribution in [0.15, 0.2) is 30.7 Å². The Morgan fingerprint density at radius 2 is 2.23 bits per heavy atom. The molecule has 0 radical (unpaired) electrons. The number of benzene rings is 1. The number of anilines is 1. The number of aromatic amines is 1. The molecule has 160 valence electrons. The SMILES string of the molecule is C[S+]([O-])Cc1c(F)c(Cl)c(-c2ccc3nc(NC(=O)[C@@H]4C[C@@H]4F)cn3c2)c2cn[nH]c12. The van der Waals surface area contributed by atoms with Crippen LogP contribution in [0, 0.1) is 11.7 Å². The van der Waals surface area contributed by atoms with Crippen LogP contribution in [0.3, 0.4) is 0 Å². The second kappa shape index (κ2) is 7.47. The summed E-state index contributed by atoms with van der Waals surface area (Å²) >= 11 is 5.13. The first kappa shape index (κ1) is 20.2. The molecule has 31 heavy (non-hydrogen) atoms. The molecular weight excluding hydrogens is 448 g/mol. The maximum absolute atomic E-state index is 15.1. The third kappa shape index (κ3) is 3.54. The van der Waals surface area contributed by atoms with Crippen molar-refractivity contribution in [3.8, 4) is 11.1 Å².